The molecule has 0 aromatic carbocycles. The van der Waals surface area contributed by atoms with Gasteiger partial charge in [0, 0.05) is 6.92 Å². The molecule has 18 heavy (non-hydrogen) atoms. The van der Waals surface area contributed by atoms with Crippen LogP contribution in [0.25, 0.3) is 0 Å². The molecule has 0 spiro atoms. The Morgan fingerprint density at radius 2 is 1.78 bits per heavy atom. The molecule has 1 unspecified atom stereocenters. The molecule has 0 fully saturated rings. The first-order valence-corrected chi connectivity index (χ1v) is 5.38. The molecule has 0 saturated carbocycles. The van der Waals surface area contributed by atoms with Gasteiger partial charge in [0.15, 0.2) is 0 Å². The normalized spacial score (nSPS) is 14.8. The average molecular weight is 271 g/mol. The number of carbonyl (C=O) groups excluding carboxylic acids is 2. The number of alkyl halides is 3. The number of rotatable bonds is 6. The largest absolute Gasteiger partial charge is 0.462 e. The lowest BCUT2D eigenvalue weighted by atomic mass is 10.2. The second kappa shape index (κ2) is 6.58. The van der Waals surface area contributed by atoms with Crippen LogP contribution < -0.4 is 5.32 Å². The number of nitrogens with one attached hydrogen (secondary N) is 1. The minimum absolute atomic E-state index is 0.247. The third-order valence-electron chi connectivity index (χ3n) is 1.84. The van der Waals surface area contributed by atoms with Crippen LogP contribution in [0.2, 0.25) is 0 Å². The molecule has 1 N–H and O–H groups in total. The fourth-order valence-electron chi connectivity index (χ4n) is 1.15. The summed E-state index contributed by atoms with van der Waals surface area (Å²) in [6, 6.07) is 0. The molecule has 0 aliphatic rings. The highest BCUT2D eigenvalue weighted by molar-refractivity contribution is 5.86. The number of hydrogen-bond donors (Lipinski definition) is 1. The summed E-state index contributed by atoms with van der Waals surface area (Å²) in [7, 11) is 0. The van der Waals surface area contributed by atoms with E-state index in [0.29, 0.717) is 0 Å². The third kappa shape index (κ3) is 3.86. The lowest BCUT2D eigenvalue weighted by molar-refractivity contribution is -0.286. The summed E-state index contributed by atoms with van der Waals surface area (Å²) in [5, 5.41) is 1.49. The molecular formula is C10H16F3NO4. The molecule has 1 atom stereocenters. The monoisotopic (exact) mass is 271 g/mol. The maximum absolute atomic E-state index is 13.0. The summed E-state index contributed by atoms with van der Waals surface area (Å²) >= 11 is 0. The van der Waals surface area contributed by atoms with Crippen LogP contribution in [0.15, 0.2) is 0 Å². The van der Waals surface area contributed by atoms with Gasteiger partial charge >= 0.3 is 17.9 Å². The molecule has 1 amide bonds. The molecule has 0 aromatic rings. The van der Waals surface area contributed by atoms with Crippen molar-refractivity contribution in [3.05, 3.63) is 0 Å². The van der Waals surface area contributed by atoms with Crippen molar-refractivity contribution in [1.82, 2.24) is 5.32 Å². The highest BCUT2D eigenvalue weighted by Gasteiger charge is 2.64. The van der Waals surface area contributed by atoms with Gasteiger partial charge in [-0.3, -0.25) is 4.79 Å². The molecule has 0 radical (unpaired) electrons. The van der Waals surface area contributed by atoms with Crippen LogP contribution in [-0.2, 0) is 19.1 Å². The van der Waals surface area contributed by atoms with E-state index in [-0.39, 0.29) is 19.6 Å². The van der Waals surface area contributed by atoms with Gasteiger partial charge < -0.3 is 14.8 Å². The highest BCUT2D eigenvalue weighted by Crippen LogP contribution is 2.33. The van der Waals surface area contributed by atoms with Crippen LogP contribution in [0.3, 0.4) is 0 Å². The minimum atomic E-state index is -5.11. The van der Waals surface area contributed by atoms with E-state index in [0.717, 1.165) is 6.92 Å². The van der Waals surface area contributed by atoms with Crippen LogP contribution in [0.1, 0.15) is 27.2 Å². The summed E-state index contributed by atoms with van der Waals surface area (Å²) < 4.78 is 47.8. The summed E-state index contributed by atoms with van der Waals surface area (Å²) in [6.45, 7) is 3.17. The summed E-state index contributed by atoms with van der Waals surface area (Å²) in [5.74, 6) is -2.72. The van der Waals surface area contributed by atoms with Crippen molar-refractivity contribution >= 4 is 11.9 Å². The Kier molecular flexibility index (Phi) is 6.10. The molecular weight excluding hydrogens is 255 g/mol. The summed E-state index contributed by atoms with van der Waals surface area (Å²) in [5.41, 5.74) is -3.44. The number of carbonyl (C=O) groups is 2. The zero-order valence-corrected chi connectivity index (χ0v) is 10.4. The van der Waals surface area contributed by atoms with Gasteiger partial charge in [-0.1, -0.05) is 6.92 Å². The SMILES string of the molecule is CCCOC(NC(C)=O)(C(=O)OCC)C(F)(F)F. The molecule has 0 bridgehead atoms. The van der Waals surface area contributed by atoms with E-state index < -0.39 is 23.8 Å². The van der Waals surface area contributed by atoms with Gasteiger partial charge in [-0.25, -0.2) is 4.79 Å². The van der Waals surface area contributed by atoms with Crippen LogP contribution in [0, 0.1) is 0 Å². The zero-order chi connectivity index (χ0) is 14.4. The lowest BCUT2D eigenvalue weighted by Crippen LogP contribution is -2.66. The van der Waals surface area contributed by atoms with Crippen LogP contribution >= 0.6 is 0 Å². The molecule has 106 valence electrons. The van der Waals surface area contributed by atoms with Gasteiger partial charge in [0.05, 0.1) is 13.2 Å². The van der Waals surface area contributed by atoms with Crippen molar-refractivity contribution in [2.75, 3.05) is 13.2 Å². The third-order valence-corrected chi connectivity index (χ3v) is 1.84. The number of ether oxygens (including phenoxy) is 2. The Morgan fingerprint density at radius 3 is 2.11 bits per heavy atom. The van der Waals surface area contributed by atoms with Crippen molar-refractivity contribution < 1.29 is 32.2 Å². The second-order valence-electron chi connectivity index (χ2n) is 3.43. The Hall–Kier alpha value is -1.31. The smallest absolute Gasteiger partial charge is 0.448 e. The molecule has 0 saturated heterocycles. The van der Waals surface area contributed by atoms with Gasteiger partial charge in [-0.05, 0) is 13.3 Å². The Morgan fingerprint density at radius 1 is 1.22 bits per heavy atom. The predicted molar refractivity (Wildman–Crippen MR) is 55.5 cm³/mol. The first-order chi connectivity index (χ1) is 8.21. The average Bonchev–Trinajstić information content (AvgIpc) is 2.22. The number of amides is 1. The van der Waals surface area contributed by atoms with E-state index in [9.17, 15) is 22.8 Å². The molecule has 5 nitrogen and oxygen atoms in total. The topological polar surface area (TPSA) is 64.6 Å². The molecule has 0 aliphatic heterocycles. The molecule has 0 heterocycles. The van der Waals surface area contributed by atoms with E-state index >= 15 is 0 Å². The van der Waals surface area contributed by atoms with E-state index in [2.05, 4.69) is 9.47 Å². The first-order valence-electron chi connectivity index (χ1n) is 5.38. The molecule has 0 aromatic heterocycles. The van der Waals surface area contributed by atoms with Gasteiger partial charge in [0.2, 0.25) is 5.91 Å². The van der Waals surface area contributed by atoms with Gasteiger partial charge in [-0.15, -0.1) is 0 Å². The van der Waals surface area contributed by atoms with Crippen molar-refractivity contribution in [3.8, 4) is 0 Å². The van der Waals surface area contributed by atoms with Crippen molar-refractivity contribution in [2.24, 2.45) is 0 Å². The summed E-state index contributed by atoms with van der Waals surface area (Å²) in [6.07, 6.45) is -4.86. The van der Waals surface area contributed by atoms with Gasteiger partial charge in [0.25, 0.3) is 0 Å². The standard InChI is InChI=1S/C10H16F3NO4/c1-4-6-18-9(10(11,12)13,14-7(3)15)8(16)17-5-2/h4-6H2,1-3H3,(H,14,15). The fourth-order valence-corrected chi connectivity index (χ4v) is 1.15. The fraction of sp³-hybridized carbons (Fsp3) is 0.800. The van der Waals surface area contributed by atoms with Crippen LogP contribution in [-0.4, -0.2) is 37.0 Å². The Bertz CT molecular complexity index is 306. The maximum Gasteiger partial charge on any atom is 0.448 e. The zero-order valence-electron chi connectivity index (χ0n) is 10.4. The minimum Gasteiger partial charge on any atom is -0.462 e. The van der Waals surface area contributed by atoms with Crippen molar-refractivity contribution in [2.45, 2.75) is 39.1 Å². The lowest BCUT2D eigenvalue weighted by Gasteiger charge is -2.33. The van der Waals surface area contributed by atoms with E-state index in [1.54, 1.807) is 6.92 Å². The Labute approximate surface area is 103 Å². The quantitative estimate of drug-likeness (QED) is 0.585. The van der Waals surface area contributed by atoms with Crippen LogP contribution in [0.4, 0.5) is 13.2 Å². The van der Waals surface area contributed by atoms with Crippen molar-refractivity contribution in [1.29, 1.82) is 0 Å². The molecule has 8 heteroatoms. The summed E-state index contributed by atoms with van der Waals surface area (Å²) in [4.78, 5) is 22.4. The Balaban J connectivity index is 5.39. The van der Waals surface area contributed by atoms with Gasteiger partial charge in [-0.2, -0.15) is 13.2 Å². The number of halogens is 3. The highest BCUT2D eigenvalue weighted by atomic mass is 19.4. The second-order valence-corrected chi connectivity index (χ2v) is 3.43. The van der Waals surface area contributed by atoms with E-state index in [4.69, 9.17) is 0 Å². The first kappa shape index (κ1) is 16.7. The predicted octanol–water partition coefficient (Wildman–Crippen LogP) is 1.37. The van der Waals surface area contributed by atoms with Crippen LogP contribution in [0.5, 0.6) is 0 Å². The number of esters is 1. The maximum atomic E-state index is 13.0. The molecule has 0 aliphatic carbocycles. The van der Waals surface area contributed by atoms with Gasteiger partial charge in [0.1, 0.15) is 0 Å². The van der Waals surface area contributed by atoms with E-state index in [1.165, 1.54) is 12.2 Å². The van der Waals surface area contributed by atoms with Crippen molar-refractivity contribution in [3.63, 3.8) is 0 Å². The van der Waals surface area contributed by atoms with E-state index in [1.807, 2.05) is 0 Å². The number of hydrogen-bond acceptors (Lipinski definition) is 4. The molecule has 0 rings (SSSR count).